The van der Waals surface area contributed by atoms with Crippen LogP contribution in [0.3, 0.4) is 0 Å². The van der Waals surface area contributed by atoms with E-state index in [1.807, 2.05) is 0 Å². The van der Waals surface area contributed by atoms with Crippen LogP contribution in [-0.2, 0) is 19.6 Å². The van der Waals surface area contributed by atoms with Crippen LogP contribution in [0.4, 0.5) is 5.69 Å². The predicted octanol–water partition coefficient (Wildman–Crippen LogP) is 3.09. The fraction of sp³-hybridized carbons (Fsp3) is 0.375. The molecule has 1 aromatic rings. The smallest absolute Gasteiger partial charge is 0.240 e. The molecule has 1 aromatic carbocycles. The molecule has 0 spiro atoms. The number of rotatable bonds is 4. The van der Waals surface area contributed by atoms with Crippen molar-refractivity contribution in [3.63, 3.8) is 0 Å². The van der Waals surface area contributed by atoms with Crippen LogP contribution in [0.25, 0.3) is 0 Å². The molecule has 0 aliphatic heterocycles. The van der Waals surface area contributed by atoms with E-state index in [2.05, 4.69) is 47.3 Å². The normalized spacial score (nSPS) is 14.5. The molecule has 138 valence electrons. The largest absolute Gasteiger partial charge is 0.368 e. The first kappa shape index (κ1) is 22.5. The molecule has 2 rings (SSSR count). The SMILES string of the molecule is CNS(=O)(=O)c1c(C)c(C)c(NC2C(=O)C=CC2=O)c(C)c1C.II. The van der Waals surface area contributed by atoms with Crippen molar-refractivity contribution in [1.82, 2.24) is 4.72 Å². The Morgan fingerprint density at radius 2 is 1.28 bits per heavy atom. The molecule has 0 radical (unpaired) electrons. The fourth-order valence-corrected chi connectivity index (χ4v) is 4.10. The number of carbonyl (C=O) groups excluding carboxylic acids is 2. The first-order valence-corrected chi connectivity index (χ1v) is 15.1. The first-order valence-electron chi connectivity index (χ1n) is 7.32. The van der Waals surface area contributed by atoms with Gasteiger partial charge in [0.2, 0.25) is 10.0 Å². The Labute approximate surface area is 171 Å². The quantitative estimate of drug-likeness (QED) is 0.416. The molecule has 0 atom stereocenters. The van der Waals surface area contributed by atoms with Gasteiger partial charge in [0.1, 0.15) is 0 Å². The van der Waals surface area contributed by atoms with Gasteiger partial charge in [-0.3, -0.25) is 9.59 Å². The Hall–Kier alpha value is -0.530. The Morgan fingerprint density at radius 1 is 0.880 bits per heavy atom. The van der Waals surface area contributed by atoms with Crippen LogP contribution in [0.1, 0.15) is 22.3 Å². The van der Waals surface area contributed by atoms with Crippen LogP contribution >= 0.6 is 37.2 Å². The van der Waals surface area contributed by atoms with Gasteiger partial charge in [0.25, 0.3) is 0 Å². The summed E-state index contributed by atoms with van der Waals surface area (Å²) in [4.78, 5) is 23.8. The molecule has 9 heteroatoms. The van der Waals surface area contributed by atoms with Crippen LogP contribution in [0.2, 0.25) is 0 Å². The van der Waals surface area contributed by atoms with Crippen LogP contribution in [0, 0.1) is 27.7 Å². The van der Waals surface area contributed by atoms with Gasteiger partial charge in [-0.1, -0.05) is 0 Å². The highest BCUT2D eigenvalue weighted by Gasteiger charge is 2.30. The van der Waals surface area contributed by atoms with Gasteiger partial charge in [0.15, 0.2) is 17.6 Å². The molecule has 1 aliphatic carbocycles. The maximum absolute atomic E-state index is 12.3. The number of hydrogen-bond donors (Lipinski definition) is 2. The number of halogens is 2. The average molecular weight is 590 g/mol. The van der Waals surface area contributed by atoms with E-state index in [4.69, 9.17) is 0 Å². The molecule has 0 saturated carbocycles. The Balaban J connectivity index is 0.00000151. The third kappa shape index (κ3) is 4.42. The number of sulfonamides is 1. The summed E-state index contributed by atoms with van der Waals surface area (Å²) in [7, 11) is -2.23. The van der Waals surface area contributed by atoms with E-state index in [0.717, 1.165) is 0 Å². The minimum absolute atomic E-state index is 0.239. The number of hydrogen-bond acceptors (Lipinski definition) is 5. The van der Waals surface area contributed by atoms with Crippen molar-refractivity contribution in [2.45, 2.75) is 38.6 Å². The molecular weight excluding hydrogens is 570 g/mol. The summed E-state index contributed by atoms with van der Waals surface area (Å²) in [5, 5.41) is 2.98. The second-order valence-electron chi connectivity index (χ2n) is 5.63. The van der Waals surface area contributed by atoms with Crippen molar-refractivity contribution in [3.8, 4) is 0 Å². The van der Waals surface area contributed by atoms with E-state index >= 15 is 0 Å². The molecule has 25 heavy (non-hydrogen) atoms. The van der Waals surface area contributed by atoms with Gasteiger partial charge in [0.05, 0.1) is 4.90 Å². The monoisotopic (exact) mass is 590 g/mol. The Morgan fingerprint density at radius 3 is 1.64 bits per heavy atom. The molecule has 0 heterocycles. The number of anilines is 1. The zero-order valence-electron chi connectivity index (χ0n) is 14.5. The summed E-state index contributed by atoms with van der Waals surface area (Å²) in [6.45, 7) is 6.98. The molecule has 0 saturated heterocycles. The molecule has 1 aliphatic rings. The molecule has 2 N–H and O–H groups in total. The first-order chi connectivity index (χ1) is 11.6. The van der Waals surface area contributed by atoms with Crippen molar-refractivity contribution in [2.24, 2.45) is 0 Å². The maximum atomic E-state index is 12.3. The van der Waals surface area contributed by atoms with Gasteiger partial charge < -0.3 is 5.32 Å². The summed E-state index contributed by atoms with van der Waals surface area (Å²) < 4.78 is 26.8. The van der Waals surface area contributed by atoms with Gasteiger partial charge in [-0.15, -0.1) is 0 Å². The number of nitrogens with one attached hydrogen (secondary N) is 2. The lowest BCUT2D eigenvalue weighted by Crippen LogP contribution is -2.32. The third-order valence-corrected chi connectivity index (χ3v) is 6.05. The van der Waals surface area contributed by atoms with E-state index in [1.54, 1.807) is 27.7 Å². The number of ketones is 2. The van der Waals surface area contributed by atoms with E-state index < -0.39 is 16.1 Å². The highest BCUT2D eigenvalue weighted by molar-refractivity contribution is 15.0. The van der Waals surface area contributed by atoms with E-state index in [1.165, 1.54) is 19.2 Å². The molecule has 0 amide bonds. The van der Waals surface area contributed by atoms with E-state index in [9.17, 15) is 18.0 Å². The van der Waals surface area contributed by atoms with Crippen molar-refractivity contribution in [2.75, 3.05) is 12.4 Å². The number of carbonyl (C=O) groups is 2. The lowest BCUT2D eigenvalue weighted by atomic mass is 9.97. The van der Waals surface area contributed by atoms with Gasteiger partial charge >= 0.3 is 0 Å². The van der Waals surface area contributed by atoms with Gasteiger partial charge in [-0.2, -0.15) is 0 Å². The summed E-state index contributed by atoms with van der Waals surface area (Å²) in [6.07, 6.45) is 2.51. The molecule has 6 nitrogen and oxygen atoms in total. The van der Waals surface area contributed by atoms with E-state index in [-0.39, 0.29) is 16.5 Å². The topological polar surface area (TPSA) is 92.3 Å². The Bertz CT molecular complexity index is 801. The minimum atomic E-state index is -3.59. The van der Waals surface area contributed by atoms with Gasteiger partial charge in [0, 0.05) is 42.9 Å². The lowest BCUT2D eigenvalue weighted by molar-refractivity contribution is -0.121. The number of benzene rings is 1. The van der Waals surface area contributed by atoms with Crippen molar-refractivity contribution in [1.29, 1.82) is 0 Å². The molecule has 0 unspecified atom stereocenters. The summed E-state index contributed by atoms with van der Waals surface area (Å²) in [5.74, 6) is -0.591. The zero-order chi connectivity index (χ0) is 19.5. The van der Waals surface area contributed by atoms with Crippen LogP contribution in [0.5, 0.6) is 0 Å². The zero-order valence-corrected chi connectivity index (χ0v) is 19.7. The highest BCUT2D eigenvalue weighted by Crippen LogP contribution is 2.34. The standard InChI is InChI=1S/C16H20N2O4S.I2/c1-8-10(3)16(23(21,22)17-5)11(4)9(2)14(8)18-15-12(19)6-7-13(15)20;1-2/h6-7,15,17-18H,1-5H3;. The van der Waals surface area contributed by atoms with E-state index in [0.29, 0.717) is 27.9 Å². The summed E-state index contributed by atoms with van der Waals surface area (Å²) in [5.41, 5.74) is 3.22. The van der Waals surface area contributed by atoms with Crippen LogP contribution in [-0.4, -0.2) is 33.1 Å². The predicted molar refractivity (Wildman–Crippen MR) is 116 cm³/mol. The Kier molecular flexibility index (Phi) is 8.02. The summed E-state index contributed by atoms with van der Waals surface area (Å²) in [6, 6.07) is -0.932. The molecule has 0 fully saturated rings. The molecule has 0 bridgehead atoms. The third-order valence-electron chi connectivity index (χ3n) is 4.36. The second-order valence-corrected chi connectivity index (χ2v) is 7.45. The van der Waals surface area contributed by atoms with Crippen molar-refractivity contribution in [3.05, 3.63) is 34.4 Å². The summed E-state index contributed by atoms with van der Waals surface area (Å²) >= 11 is 4.24. The second kappa shape index (κ2) is 8.91. The molecular formula is C16H20I2N2O4S. The van der Waals surface area contributed by atoms with Crippen LogP contribution < -0.4 is 10.0 Å². The maximum Gasteiger partial charge on any atom is 0.240 e. The fourth-order valence-electron chi connectivity index (χ4n) is 2.78. The van der Waals surface area contributed by atoms with Crippen molar-refractivity contribution >= 4 is 64.5 Å². The van der Waals surface area contributed by atoms with Gasteiger partial charge in [-0.25, -0.2) is 13.1 Å². The minimum Gasteiger partial charge on any atom is -0.368 e. The molecule has 0 aromatic heterocycles. The van der Waals surface area contributed by atoms with Crippen LogP contribution in [0.15, 0.2) is 17.0 Å². The van der Waals surface area contributed by atoms with Crippen molar-refractivity contribution < 1.29 is 18.0 Å². The average Bonchev–Trinajstić information content (AvgIpc) is 2.90. The lowest BCUT2D eigenvalue weighted by Gasteiger charge is -2.22. The highest BCUT2D eigenvalue weighted by atomic mass is 128. The van der Waals surface area contributed by atoms with Gasteiger partial charge in [-0.05, 0) is 69.1 Å².